The maximum absolute atomic E-state index is 12.7. The molecule has 1 saturated heterocycles. The Morgan fingerprint density at radius 1 is 1.12 bits per heavy atom. The van der Waals surface area contributed by atoms with Crippen LogP contribution in [0.4, 0.5) is 0 Å². The van der Waals surface area contributed by atoms with Crippen LogP contribution in [0.25, 0.3) is 0 Å². The van der Waals surface area contributed by atoms with Crippen LogP contribution in [0.15, 0.2) is 24.3 Å². The highest BCUT2D eigenvalue weighted by Gasteiger charge is 2.30. The first-order valence-electron chi connectivity index (χ1n) is 9.40. The molecule has 0 spiro atoms. The smallest absolute Gasteiger partial charge is 0.260 e. The van der Waals surface area contributed by atoms with Crippen LogP contribution in [0, 0.1) is 0 Å². The Morgan fingerprint density at radius 3 is 2.28 bits per heavy atom. The topological polar surface area (TPSA) is 37.4 Å². The fraction of sp³-hybridized carbons (Fsp3) is 0.600. The predicted molar refractivity (Wildman–Crippen MR) is 102 cm³/mol. The third-order valence-electron chi connectivity index (χ3n) is 5.60. The number of likely N-dealkylation sites (tertiary alicyclic amines) is 1. The van der Waals surface area contributed by atoms with Crippen molar-refractivity contribution in [1.82, 2.24) is 4.90 Å². The molecule has 1 aromatic rings. The average molecular weight is 366 g/mol. The first-order chi connectivity index (χ1) is 12.0. The number of imide groups is 1. The molecule has 0 bridgehead atoms. The van der Waals surface area contributed by atoms with Gasteiger partial charge >= 0.3 is 0 Å². The molecule has 0 saturated carbocycles. The van der Waals surface area contributed by atoms with Crippen LogP contribution in [-0.2, 0) is 11.3 Å². The van der Waals surface area contributed by atoms with Crippen LogP contribution < -0.4 is 0 Å². The van der Waals surface area contributed by atoms with Crippen LogP contribution in [-0.4, -0.2) is 52.8 Å². The number of rotatable bonds is 6. The zero-order valence-electron chi connectivity index (χ0n) is 15.6. The third-order valence-corrected chi connectivity index (χ3v) is 6.00. The Morgan fingerprint density at radius 2 is 1.72 bits per heavy atom. The maximum Gasteiger partial charge on any atom is 0.260 e. The van der Waals surface area contributed by atoms with E-state index >= 15 is 0 Å². The van der Waals surface area contributed by atoms with Gasteiger partial charge in [0.1, 0.15) is 11.9 Å². The lowest BCUT2D eigenvalue weighted by Gasteiger charge is -2.36. The molecule has 1 aromatic carbocycles. The molecule has 1 aliphatic rings. The second kappa shape index (κ2) is 8.81. The number of carbonyl (C=O) groups is 2. The van der Waals surface area contributed by atoms with Gasteiger partial charge in [-0.15, -0.1) is 11.6 Å². The lowest BCUT2D eigenvalue weighted by Crippen LogP contribution is -2.46. The number of benzene rings is 1. The molecular weight excluding hydrogens is 336 g/mol. The van der Waals surface area contributed by atoms with Crippen LogP contribution >= 0.6 is 11.6 Å². The van der Waals surface area contributed by atoms with Crippen molar-refractivity contribution in [2.45, 2.75) is 52.0 Å². The van der Waals surface area contributed by atoms with Gasteiger partial charge in [0.25, 0.3) is 5.91 Å². The molecule has 0 aliphatic carbocycles. The lowest BCUT2D eigenvalue weighted by atomic mass is 10.1. The molecule has 1 aliphatic heterocycles. The van der Waals surface area contributed by atoms with Crippen LogP contribution in [0.1, 0.15) is 56.0 Å². The molecule has 5 heteroatoms. The predicted octanol–water partition coefficient (Wildman–Crippen LogP) is 3.82. The van der Waals surface area contributed by atoms with E-state index in [9.17, 15) is 9.59 Å². The van der Waals surface area contributed by atoms with Gasteiger partial charge < -0.3 is 4.48 Å². The lowest BCUT2D eigenvalue weighted by molar-refractivity contribution is -0.936. The summed E-state index contributed by atoms with van der Waals surface area (Å²) in [5.74, 6) is -0.488. The number of alkyl halides is 1. The van der Waals surface area contributed by atoms with Gasteiger partial charge in [-0.05, 0) is 52.2 Å². The van der Waals surface area contributed by atoms with Gasteiger partial charge in [0.05, 0.1) is 19.6 Å². The number of nitrogens with zero attached hydrogens (tertiary/aromatic N) is 2. The number of hydrogen-bond donors (Lipinski definition) is 0. The van der Waals surface area contributed by atoms with E-state index in [1.165, 1.54) is 10.5 Å². The van der Waals surface area contributed by atoms with Crippen molar-refractivity contribution in [3.63, 3.8) is 0 Å². The van der Waals surface area contributed by atoms with Gasteiger partial charge in [-0.3, -0.25) is 14.5 Å². The van der Waals surface area contributed by atoms with E-state index in [1.807, 2.05) is 24.3 Å². The van der Waals surface area contributed by atoms with Gasteiger partial charge in [0, 0.05) is 17.7 Å². The molecule has 2 rings (SSSR count). The summed E-state index contributed by atoms with van der Waals surface area (Å²) in [6.07, 6.45) is 2.35. The number of hydrogen-bond acceptors (Lipinski definition) is 2. The standard InChI is InChI=1S/C20H30ClN2O2/c1-4-23(5-2,6-3)15-16-10-12-17(13-11-16)19(24)22-14-8-7-9-18(21)20(22)25/h10-13,18H,4-9,14-15H2,1-3H3/q+1. The third kappa shape index (κ3) is 4.62. The fourth-order valence-electron chi connectivity index (χ4n) is 3.50. The number of halogens is 1. The van der Waals surface area contributed by atoms with Gasteiger partial charge in [-0.1, -0.05) is 12.1 Å². The first kappa shape index (κ1) is 19.9. The van der Waals surface area contributed by atoms with E-state index < -0.39 is 5.38 Å². The normalized spacial score (nSPS) is 19.0. The van der Waals surface area contributed by atoms with E-state index in [2.05, 4.69) is 20.8 Å². The minimum Gasteiger partial charge on any atom is -0.321 e. The molecule has 0 aromatic heterocycles. The number of amides is 2. The zero-order valence-corrected chi connectivity index (χ0v) is 16.4. The van der Waals surface area contributed by atoms with E-state index in [1.54, 1.807) is 0 Å². The van der Waals surface area contributed by atoms with Gasteiger partial charge in [-0.2, -0.15) is 0 Å². The molecule has 1 unspecified atom stereocenters. The molecular formula is C20H30ClN2O2+. The first-order valence-corrected chi connectivity index (χ1v) is 9.83. The van der Waals surface area contributed by atoms with E-state index in [-0.39, 0.29) is 11.8 Å². The number of carbonyl (C=O) groups excluding carboxylic acids is 2. The number of quaternary nitrogens is 1. The van der Waals surface area contributed by atoms with Crippen molar-refractivity contribution in [2.75, 3.05) is 26.2 Å². The van der Waals surface area contributed by atoms with Crippen molar-refractivity contribution in [2.24, 2.45) is 0 Å². The molecule has 0 N–H and O–H groups in total. The Kier molecular flexibility index (Phi) is 7.03. The molecule has 25 heavy (non-hydrogen) atoms. The molecule has 1 heterocycles. The SMILES string of the molecule is CC[N+](CC)(CC)Cc1ccc(C(=O)N2CCCCC(Cl)C2=O)cc1. The highest BCUT2D eigenvalue weighted by atomic mass is 35.5. The van der Waals surface area contributed by atoms with Gasteiger partial charge in [0.2, 0.25) is 5.91 Å². The van der Waals surface area contributed by atoms with Crippen LogP contribution in [0.5, 0.6) is 0 Å². The van der Waals surface area contributed by atoms with Crippen molar-refractivity contribution in [1.29, 1.82) is 0 Å². The average Bonchev–Trinajstić information content (AvgIpc) is 2.81. The molecule has 2 amide bonds. The van der Waals surface area contributed by atoms with Crippen molar-refractivity contribution >= 4 is 23.4 Å². The maximum atomic E-state index is 12.7. The monoisotopic (exact) mass is 365 g/mol. The Hall–Kier alpha value is -1.39. The second-order valence-corrected chi connectivity index (χ2v) is 7.43. The second-order valence-electron chi connectivity index (χ2n) is 6.90. The summed E-state index contributed by atoms with van der Waals surface area (Å²) in [4.78, 5) is 26.3. The Labute approximate surface area is 156 Å². The summed E-state index contributed by atoms with van der Waals surface area (Å²) >= 11 is 6.10. The minimum absolute atomic E-state index is 0.230. The van der Waals surface area contributed by atoms with Crippen LogP contribution in [0.3, 0.4) is 0 Å². The minimum atomic E-state index is -0.581. The fourth-order valence-corrected chi connectivity index (χ4v) is 3.77. The summed E-state index contributed by atoms with van der Waals surface area (Å²) < 4.78 is 1.03. The quantitative estimate of drug-likeness (QED) is 0.436. The summed E-state index contributed by atoms with van der Waals surface area (Å²) in [5.41, 5.74) is 1.78. The largest absolute Gasteiger partial charge is 0.321 e. The zero-order chi connectivity index (χ0) is 18.4. The molecule has 1 atom stereocenters. The van der Waals surface area contributed by atoms with Gasteiger partial charge in [0.15, 0.2) is 0 Å². The van der Waals surface area contributed by atoms with Crippen molar-refractivity contribution in [3.8, 4) is 0 Å². The summed E-state index contributed by atoms with van der Waals surface area (Å²) in [5, 5.41) is -0.581. The van der Waals surface area contributed by atoms with E-state index in [0.717, 1.165) is 43.5 Å². The Balaban J connectivity index is 2.13. The van der Waals surface area contributed by atoms with E-state index in [4.69, 9.17) is 11.6 Å². The highest BCUT2D eigenvalue weighted by Crippen LogP contribution is 2.20. The molecule has 0 radical (unpaired) electrons. The van der Waals surface area contributed by atoms with Crippen molar-refractivity contribution in [3.05, 3.63) is 35.4 Å². The molecule has 1 fully saturated rings. The summed E-state index contributed by atoms with van der Waals surface area (Å²) in [7, 11) is 0. The molecule has 138 valence electrons. The molecule has 4 nitrogen and oxygen atoms in total. The van der Waals surface area contributed by atoms with Gasteiger partial charge in [-0.25, -0.2) is 0 Å². The van der Waals surface area contributed by atoms with E-state index in [0.29, 0.717) is 18.5 Å². The summed E-state index contributed by atoms with van der Waals surface area (Å²) in [6.45, 7) is 11.4. The Bertz CT molecular complexity index is 588. The highest BCUT2D eigenvalue weighted by molar-refractivity contribution is 6.32. The summed E-state index contributed by atoms with van der Waals surface area (Å²) in [6, 6.07) is 7.72. The van der Waals surface area contributed by atoms with Crippen molar-refractivity contribution < 1.29 is 14.1 Å². The van der Waals surface area contributed by atoms with Crippen LogP contribution in [0.2, 0.25) is 0 Å².